The van der Waals surface area contributed by atoms with Crippen LogP contribution in [0, 0.1) is 0 Å². The first kappa shape index (κ1) is 23.6. The third-order valence-electron chi connectivity index (χ3n) is 9.88. The minimum Gasteiger partial charge on any atom is -0.0888 e. The van der Waals surface area contributed by atoms with E-state index in [1.54, 1.807) is 11.1 Å². The van der Waals surface area contributed by atoms with Crippen LogP contribution in [0.1, 0.15) is 43.2 Å². The fourth-order valence-corrected chi connectivity index (χ4v) is 9.16. The lowest BCUT2D eigenvalue weighted by Crippen LogP contribution is -2.28. The highest BCUT2D eigenvalue weighted by Gasteiger charge is 2.43. The van der Waals surface area contributed by atoms with Gasteiger partial charge in [0.25, 0.3) is 0 Å². The zero-order valence-electron chi connectivity index (χ0n) is 23.0. The van der Waals surface area contributed by atoms with E-state index in [4.69, 9.17) is 0 Å². The highest BCUT2D eigenvalue weighted by molar-refractivity contribution is 7.99. The molecule has 3 aliphatic rings. The summed E-state index contributed by atoms with van der Waals surface area (Å²) in [6.45, 7) is 0. The average Bonchev–Trinajstić information content (AvgIpc) is 3.30. The van der Waals surface area contributed by atoms with Crippen LogP contribution in [0.4, 0.5) is 0 Å². The van der Waals surface area contributed by atoms with E-state index < -0.39 is 0 Å². The van der Waals surface area contributed by atoms with Crippen LogP contribution in [0.3, 0.4) is 0 Å². The van der Waals surface area contributed by atoms with Crippen molar-refractivity contribution < 1.29 is 0 Å². The molecule has 0 saturated heterocycles. The van der Waals surface area contributed by atoms with E-state index >= 15 is 0 Å². The monoisotopic (exact) mass is 542 g/mol. The van der Waals surface area contributed by atoms with Crippen LogP contribution in [0.25, 0.3) is 55.3 Å². The van der Waals surface area contributed by atoms with Gasteiger partial charge in [-0.25, -0.2) is 0 Å². The molecule has 1 fully saturated rings. The lowest BCUT2D eigenvalue weighted by atomic mass is 9.67. The summed E-state index contributed by atoms with van der Waals surface area (Å²) in [7, 11) is 0. The van der Waals surface area contributed by atoms with Gasteiger partial charge in [0, 0.05) is 20.6 Å². The Hall–Kier alpha value is -4.07. The average molecular weight is 543 g/mol. The molecule has 1 spiro atoms. The van der Waals surface area contributed by atoms with E-state index in [2.05, 4.69) is 121 Å². The molecule has 41 heavy (non-hydrogen) atoms. The predicted molar refractivity (Wildman–Crippen MR) is 174 cm³/mol. The maximum Gasteiger partial charge on any atom is 0.0215 e. The fourth-order valence-electron chi connectivity index (χ4n) is 8.04. The van der Waals surface area contributed by atoms with Gasteiger partial charge in [0.15, 0.2) is 0 Å². The summed E-state index contributed by atoms with van der Waals surface area (Å²) < 4.78 is 0. The molecule has 196 valence electrons. The van der Waals surface area contributed by atoms with Crippen molar-refractivity contribution >= 4 is 22.5 Å². The highest BCUT2D eigenvalue weighted by atomic mass is 32.2. The van der Waals surface area contributed by atoms with Crippen molar-refractivity contribution in [1.82, 2.24) is 0 Å². The van der Waals surface area contributed by atoms with Crippen LogP contribution in [0.5, 0.6) is 0 Å². The van der Waals surface area contributed by atoms with Crippen LogP contribution in [-0.4, -0.2) is 0 Å². The molecule has 0 unspecified atom stereocenters. The van der Waals surface area contributed by atoms with Gasteiger partial charge in [-0.05, 0) is 98.1 Å². The smallest absolute Gasteiger partial charge is 0.0215 e. The van der Waals surface area contributed by atoms with Crippen LogP contribution in [0.15, 0.2) is 131 Å². The van der Waals surface area contributed by atoms with Crippen LogP contribution in [-0.2, 0) is 5.41 Å². The molecule has 0 aromatic heterocycles. The van der Waals surface area contributed by atoms with E-state index in [1.165, 1.54) is 97.2 Å². The Labute approximate surface area is 246 Å². The van der Waals surface area contributed by atoms with Gasteiger partial charge in [0.05, 0.1) is 0 Å². The summed E-state index contributed by atoms with van der Waals surface area (Å²) in [4.78, 5) is 2.70. The van der Waals surface area contributed by atoms with Crippen molar-refractivity contribution in [2.24, 2.45) is 0 Å². The van der Waals surface area contributed by atoms with Crippen LogP contribution >= 0.6 is 11.8 Å². The third-order valence-corrected chi connectivity index (χ3v) is 11.0. The van der Waals surface area contributed by atoms with Crippen LogP contribution < -0.4 is 0 Å². The second-order valence-corrected chi connectivity index (χ2v) is 13.1. The molecule has 9 rings (SSSR count). The van der Waals surface area contributed by atoms with Gasteiger partial charge in [0.1, 0.15) is 0 Å². The second kappa shape index (κ2) is 8.96. The lowest BCUT2D eigenvalue weighted by Gasteiger charge is -2.36. The van der Waals surface area contributed by atoms with Gasteiger partial charge >= 0.3 is 0 Å². The minimum absolute atomic E-state index is 0.171. The van der Waals surface area contributed by atoms with E-state index in [1.807, 2.05) is 11.8 Å². The molecule has 0 nitrogen and oxygen atoms in total. The second-order valence-electron chi connectivity index (χ2n) is 12.0. The summed E-state index contributed by atoms with van der Waals surface area (Å²) in [5, 5.41) is 2.70. The molecule has 6 aromatic rings. The quantitative estimate of drug-likeness (QED) is 0.209. The van der Waals surface area contributed by atoms with Crippen molar-refractivity contribution in [3.05, 3.63) is 132 Å². The first-order valence-electron chi connectivity index (χ1n) is 15.0. The minimum atomic E-state index is 0.171. The lowest BCUT2D eigenvalue weighted by molar-refractivity contribution is 0.353. The van der Waals surface area contributed by atoms with Gasteiger partial charge in [-0.3, -0.25) is 0 Å². The largest absolute Gasteiger partial charge is 0.0888 e. The summed E-state index contributed by atoms with van der Waals surface area (Å²) in [5.74, 6) is 0. The Balaban J connectivity index is 1.20. The third kappa shape index (κ3) is 3.42. The topological polar surface area (TPSA) is 0 Å². The van der Waals surface area contributed by atoms with Gasteiger partial charge in [-0.1, -0.05) is 128 Å². The number of fused-ring (bicyclic) bond motifs is 7. The van der Waals surface area contributed by atoms with Crippen molar-refractivity contribution in [3.8, 4) is 44.5 Å². The molecule has 0 bridgehead atoms. The molecule has 1 heterocycles. The molecule has 1 saturated carbocycles. The molecule has 0 atom stereocenters. The van der Waals surface area contributed by atoms with Gasteiger partial charge < -0.3 is 0 Å². The summed E-state index contributed by atoms with van der Waals surface area (Å²) >= 11 is 1.90. The maximum atomic E-state index is 2.55. The molecule has 0 amide bonds. The molecule has 6 aromatic carbocycles. The molecular formula is C40H30S. The first-order chi connectivity index (χ1) is 20.3. The van der Waals surface area contributed by atoms with Gasteiger partial charge in [-0.2, -0.15) is 0 Å². The predicted octanol–water partition coefficient (Wildman–Crippen LogP) is 11.5. The maximum absolute atomic E-state index is 2.55. The molecule has 0 N–H and O–H groups in total. The van der Waals surface area contributed by atoms with Crippen LogP contribution in [0.2, 0.25) is 0 Å². The molecule has 2 aliphatic carbocycles. The van der Waals surface area contributed by atoms with E-state index in [-0.39, 0.29) is 5.41 Å². The van der Waals surface area contributed by atoms with Crippen molar-refractivity contribution in [3.63, 3.8) is 0 Å². The molecule has 1 heteroatoms. The van der Waals surface area contributed by atoms with Gasteiger partial charge in [-0.15, -0.1) is 0 Å². The first-order valence-corrected chi connectivity index (χ1v) is 15.8. The number of rotatable bonds is 2. The summed E-state index contributed by atoms with van der Waals surface area (Å²) in [5.41, 5.74) is 14.1. The van der Waals surface area contributed by atoms with E-state index in [0.717, 1.165) is 0 Å². The van der Waals surface area contributed by atoms with Crippen molar-refractivity contribution in [1.29, 1.82) is 0 Å². The zero-order chi connectivity index (χ0) is 27.0. The SMILES string of the molecule is c1ccc(-c2ccc3c(c2)C2(CCCCC2)c2ccccc2-3)c(-c2ccc3c(c2)-c2cccc4cccc(c24)S3)c1. The van der Waals surface area contributed by atoms with E-state index in [9.17, 15) is 0 Å². The Kier molecular flexibility index (Phi) is 5.16. The Morgan fingerprint density at radius 2 is 1.10 bits per heavy atom. The molecule has 1 aliphatic heterocycles. The van der Waals surface area contributed by atoms with Crippen molar-refractivity contribution in [2.75, 3.05) is 0 Å². The number of benzene rings is 6. The fraction of sp³-hybridized carbons (Fsp3) is 0.150. The van der Waals surface area contributed by atoms with Gasteiger partial charge in [0.2, 0.25) is 0 Å². The Morgan fingerprint density at radius 3 is 1.93 bits per heavy atom. The Morgan fingerprint density at radius 1 is 0.439 bits per heavy atom. The summed E-state index contributed by atoms with van der Waals surface area (Å²) in [6.07, 6.45) is 6.51. The standard InChI is InChI=1S/C40H30S/c1-6-22-40(23-7-1)35-16-5-4-14-31(35)32-20-18-28(25-36(32)40)30-13-3-2-12-29(30)27-19-21-37-34(24-27)33-15-8-10-26-11-9-17-38(41-37)39(26)33/h2-5,8-21,24-25H,1,6-7,22-23H2. The zero-order valence-corrected chi connectivity index (χ0v) is 23.8. The number of hydrogen-bond acceptors (Lipinski definition) is 1. The highest BCUT2D eigenvalue weighted by Crippen LogP contribution is 2.56. The Bertz CT molecular complexity index is 2000. The summed E-state index contributed by atoms with van der Waals surface area (Å²) in [6, 6.07) is 46.0. The van der Waals surface area contributed by atoms with E-state index in [0.29, 0.717) is 0 Å². The molecule has 0 radical (unpaired) electrons. The van der Waals surface area contributed by atoms with Crippen molar-refractivity contribution in [2.45, 2.75) is 47.3 Å². The molecular weight excluding hydrogens is 513 g/mol. The number of hydrogen-bond donors (Lipinski definition) is 0. The normalized spacial score (nSPS) is 15.9.